The van der Waals surface area contributed by atoms with E-state index in [0.717, 1.165) is 23.5 Å². The van der Waals surface area contributed by atoms with E-state index in [4.69, 9.17) is 4.74 Å². The first-order chi connectivity index (χ1) is 9.22. The molecule has 0 amide bonds. The molecular weight excluding hydrogens is 236 g/mol. The van der Waals surface area contributed by atoms with E-state index >= 15 is 0 Å². The van der Waals surface area contributed by atoms with Gasteiger partial charge in [-0.05, 0) is 48.4 Å². The average molecular weight is 254 g/mol. The van der Waals surface area contributed by atoms with Crippen molar-refractivity contribution in [1.82, 2.24) is 0 Å². The van der Waals surface area contributed by atoms with Crippen LogP contribution in [0.2, 0.25) is 0 Å². The summed E-state index contributed by atoms with van der Waals surface area (Å²) in [6.45, 7) is 3.99. The molecule has 0 radical (unpaired) electrons. The quantitative estimate of drug-likeness (QED) is 0.727. The largest absolute Gasteiger partial charge is 0.457 e. The first kappa shape index (κ1) is 13.3. The van der Waals surface area contributed by atoms with Crippen LogP contribution < -0.4 is 4.74 Å². The number of hydrogen-bond acceptors (Lipinski definition) is 2. The lowest BCUT2D eigenvalue weighted by atomic mass is 10.1. The highest BCUT2D eigenvalue weighted by Gasteiger charge is 2.03. The predicted octanol–water partition coefficient (Wildman–Crippen LogP) is 4.63. The van der Waals surface area contributed by atoms with Gasteiger partial charge >= 0.3 is 0 Å². The Morgan fingerprint density at radius 2 is 1.42 bits per heavy atom. The summed E-state index contributed by atoms with van der Waals surface area (Å²) in [4.78, 5) is 11.5. The van der Waals surface area contributed by atoms with Gasteiger partial charge in [-0.2, -0.15) is 0 Å². The van der Waals surface area contributed by atoms with Crippen molar-refractivity contribution in [2.24, 2.45) is 0 Å². The highest BCUT2D eigenvalue weighted by atomic mass is 16.5. The van der Waals surface area contributed by atoms with E-state index in [9.17, 15) is 4.79 Å². The first-order valence-electron chi connectivity index (χ1n) is 6.63. The van der Waals surface area contributed by atoms with Crippen LogP contribution in [0.4, 0.5) is 0 Å². The van der Waals surface area contributed by atoms with Gasteiger partial charge < -0.3 is 4.74 Å². The fourth-order valence-electron chi connectivity index (χ4n) is 1.84. The minimum Gasteiger partial charge on any atom is -0.457 e. The second-order valence-electron chi connectivity index (χ2n) is 4.40. The molecule has 0 aliphatic heterocycles. The highest BCUT2D eigenvalue weighted by Crippen LogP contribution is 2.22. The molecule has 0 bridgehead atoms. The number of hydrogen-bond donors (Lipinski definition) is 0. The van der Waals surface area contributed by atoms with Gasteiger partial charge in [0, 0.05) is 12.0 Å². The lowest BCUT2D eigenvalue weighted by Gasteiger charge is -2.07. The summed E-state index contributed by atoms with van der Waals surface area (Å²) >= 11 is 0. The molecule has 2 aromatic carbocycles. The maximum atomic E-state index is 11.5. The van der Waals surface area contributed by atoms with Crippen molar-refractivity contribution in [2.75, 3.05) is 0 Å². The van der Waals surface area contributed by atoms with Crippen LogP contribution in [0.1, 0.15) is 36.2 Å². The lowest BCUT2D eigenvalue weighted by molar-refractivity contribution is 0.0988. The van der Waals surface area contributed by atoms with Crippen LogP contribution in [0.25, 0.3) is 0 Å². The number of aryl methyl sites for hydroxylation is 1. The monoisotopic (exact) mass is 254 g/mol. The Morgan fingerprint density at radius 3 is 1.89 bits per heavy atom. The maximum absolute atomic E-state index is 11.5. The highest BCUT2D eigenvalue weighted by molar-refractivity contribution is 5.95. The molecule has 0 atom stereocenters. The number of rotatable bonds is 5. The van der Waals surface area contributed by atoms with Crippen LogP contribution in [0.15, 0.2) is 48.5 Å². The Bertz CT molecular complexity index is 538. The Hall–Kier alpha value is -2.09. The molecule has 2 nitrogen and oxygen atoms in total. The van der Waals surface area contributed by atoms with Crippen molar-refractivity contribution in [2.45, 2.75) is 26.7 Å². The van der Waals surface area contributed by atoms with E-state index in [1.165, 1.54) is 5.56 Å². The molecule has 98 valence electrons. The molecule has 0 fully saturated rings. The van der Waals surface area contributed by atoms with E-state index in [2.05, 4.69) is 19.1 Å². The fourth-order valence-corrected chi connectivity index (χ4v) is 1.84. The number of benzene rings is 2. The number of carbonyl (C=O) groups excluding carboxylic acids is 1. The van der Waals surface area contributed by atoms with Crippen LogP contribution in [0, 0.1) is 0 Å². The van der Waals surface area contributed by atoms with Gasteiger partial charge in [-0.3, -0.25) is 4.79 Å². The Kier molecular flexibility index (Phi) is 4.35. The zero-order valence-corrected chi connectivity index (χ0v) is 11.3. The van der Waals surface area contributed by atoms with E-state index in [1.807, 2.05) is 43.3 Å². The Morgan fingerprint density at radius 1 is 0.895 bits per heavy atom. The molecule has 19 heavy (non-hydrogen) atoms. The average Bonchev–Trinajstić information content (AvgIpc) is 2.48. The van der Waals surface area contributed by atoms with Crippen molar-refractivity contribution in [3.8, 4) is 11.5 Å². The van der Waals surface area contributed by atoms with Crippen molar-refractivity contribution in [1.29, 1.82) is 0 Å². The van der Waals surface area contributed by atoms with Crippen LogP contribution in [0.3, 0.4) is 0 Å². The molecule has 0 spiro atoms. The van der Waals surface area contributed by atoms with Gasteiger partial charge in [-0.15, -0.1) is 0 Å². The van der Waals surface area contributed by atoms with E-state index in [0.29, 0.717) is 6.42 Å². The van der Waals surface area contributed by atoms with Gasteiger partial charge in [0.2, 0.25) is 0 Å². The zero-order chi connectivity index (χ0) is 13.7. The number of ether oxygens (including phenoxy) is 1. The molecule has 0 unspecified atom stereocenters. The summed E-state index contributed by atoms with van der Waals surface area (Å²) in [7, 11) is 0. The number of ketones is 1. The smallest absolute Gasteiger partial charge is 0.162 e. The molecule has 2 heteroatoms. The van der Waals surface area contributed by atoms with Gasteiger partial charge in [-0.1, -0.05) is 26.0 Å². The van der Waals surface area contributed by atoms with Gasteiger partial charge in [-0.25, -0.2) is 0 Å². The summed E-state index contributed by atoms with van der Waals surface area (Å²) in [5.74, 6) is 1.71. The van der Waals surface area contributed by atoms with Gasteiger partial charge in [0.1, 0.15) is 11.5 Å². The molecule has 0 aliphatic carbocycles. The summed E-state index contributed by atoms with van der Waals surface area (Å²) in [5.41, 5.74) is 2.02. The summed E-state index contributed by atoms with van der Waals surface area (Å²) in [6, 6.07) is 15.3. The summed E-state index contributed by atoms with van der Waals surface area (Å²) in [5, 5.41) is 0. The number of carbonyl (C=O) groups is 1. The van der Waals surface area contributed by atoms with E-state index < -0.39 is 0 Å². The molecule has 2 aromatic rings. The van der Waals surface area contributed by atoms with Crippen LogP contribution in [-0.2, 0) is 6.42 Å². The third-order valence-corrected chi connectivity index (χ3v) is 3.06. The minimum atomic E-state index is 0.152. The van der Waals surface area contributed by atoms with Crippen molar-refractivity contribution in [3.05, 3.63) is 59.7 Å². The molecule has 0 aromatic heterocycles. The Labute approximate surface area is 114 Å². The van der Waals surface area contributed by atoms with Gasteiger partial charge in [0.25, 0.3) is 0 Å². The third kappa shape index (κ3) is 3.44. The molecular formula is C17H18O2. The third-order valence-electron chi connectivity index (χ3n) is 3.06. The molecule has 0 aliphatic rings. The topological polar surface area (TPSA) is 26.3 Å². The van der Waals surface area contributed by atoms with E-state index in [-0.39, 0.29) is 5.78 Å². The predicted molar refractivity (Wildman–Crippen MR) is 77.0 cm³/mol. The van der Waals surface area contributed by atoms with Crippen LogP contribution in [0.5, 0.6) is 11.5 Å². The molecule has 0 saturated carbocycles. The van der Waals surface area contributed by atoms with Crippen molar-refractivity contribution >= 4 is 5.78 Å². The summed E-state index contributed by atoms with van der Waals surface area (Å²) < 4.78 is 5.73. The van der Waals surface area contributed by atoms with E-state index in [1.54, 1.807) is 0 Å². The second kappa shape index (κ2) is 6.19. The van der Waals surface area contributed by atoms with Crippen molar-refractivity contribution < 1.29 is 9.53 Å². The lowest BCUT2D eigenvalue weighted by Crippen LogP contribution is -1.95. The maximum Gasteiger partial charge on any atom is 0.162 e. The van der Waals surface area contributed by atoms with Gasteiger partial charge in [0.05, 0.1) is 0 Å². The molecule has 0 heterocycles. The first-order valence-corrected chi connectivity index (χ1v) is 6.63. The van der Waals surface area contributed by atoms with Crippen molar-refractivity contribution in [3.63, 3.8) is 0 Å². The standard InChI is InChI=1S/C17H18O2/c1-3-13-5-9-15(10-6-13)19-16-11-7-14(8-12-16)17(18)4-2/h5-12H,3-4H2,1-2H3. The normalized spacial score (nSPS) is 10.2. The summed E-state index contributed by atoms with van der Waals surface area (Å²) in [6.07, 6.45) is 1.55. The second-order valence-corrected chi connectivity index (χ2v) is 4.40. The molecule has 0 saturated heterocycles. The molecule has 2 rings (SSSR count). The number of Topliss-reactive ketones (excluding diaryl/α,β-unsaturated/α-hetero) is 1. The zero-order valence-electron chi connectivity index (χ0n) is 11.3. The minimum absolute atomic E-state index is 0.152. The fraction of sp³-hybridized carbons (Fsp3) is 0.235. The molecule has 0 N–H and O–H groups in total. The SMILES string of the molecule is CCC(=O)c1ccc(Oc2ccc(CC)cc2)cc1. The Balaban J connectivity index is 2.08. The van der Waals surface area contributed by atoms with Gasteiger partial charge in [0.15, 0.2) is 5.78 Å². The van der Waals surface area contributed by atoms with Crippen LogP contribution in [-0.4, -0.2) is 5.78 Å². The van der Waals surface area contributed by atoms with Crippen LogP contribution >= 0.6 is 0 Å².